The third-order valence-electron chi connectivity index (χ3n) is 4.90. The number of oxime groups is 1. The van der Waals surface area contributed by atoms with Crippen molar-refractivity contribution in [2.75, 3.05) is 5.32 Å². The summed E-state index contributed by atoms with van der Waals surface area (Å²) in [5.74, 6) is 0.450. The minimum Gasteiger partial charge on any atom is -0.389 e. The minimum atomic E-state index is -0.573. The van der Waals surface area contributed by atoms with Gasteiger partial charge in [-0.25, -0.2) is 9.78 Å². The lowest BCUT2D eigenvalue weighted by Gasteiger charge is -2.15. The van der Waals surface area contributed by atoms with Crippen molar-refractivity contribution in [2.45, 2.75) is 19.6 Å². The van der Waals surface area contributed by atoms with Crippen LogP contribution < -0.4 is 11.1 Å². The number of anilines is 1. The molecule has 0 radical (unpaired) electrons. The molecule has 1 N–H and O–H groups in total. The van der Waals surface area contributed by atoms with Gasteiger partial charge in [0.2, 0.25) is 5.82 Å². The largest absolute Gasteiger partial charge is 0.441 e. The normalized spacial score (nSPS) is 12.4. The van der Waals surface area contributed by atoms with Crippen molar-refractivity contribution >= 4 is 11.5 Å². The Hall–Kier alpha value is -4.20. The molecule has 0 aliphatic carbocycles. The van der Waals surface area contributed by atoms with Crippen molar-refractivity contribution in [2.24, 2.45) is 12.2 Å². The monoisotopic (exact) mass is 429 g/mol. The quantitative estimate of drug-likeness (QED) is 0.337. The fourth-order valence-corrected chi connectivity index (χ4v) is 3.16. The van der Waals surface area contributed by atoms with E-state index >= 15 is 0 Å². The highest BCUT2D eigenvalue weighted by Crippen LogP contribution is 2.18. The summed E-state index contributed by atoms with van der Waals surface area (Å²) in [4.78, 5) is 21.9. The molecule has 0 fully saturated rings. The van der Waals surface area contributed by atoms with Gasteiger partial charge in [0.25, 0.3) is 0 Å². The summed E-state index contributed by atoms with van der Waals surface area (Å²) in [7, 11) is 1.57. The van der Waals surface area contributed by atoms with Gasteiger partial charge in [-0.05, 0) is 24.6 Å². The fourth-order valence-electron chi connectivity index (χ4n) is 3.16. The van der Waals surface area contributed by atoms with Crippen LogP contribution in [0.25, 0.3) is 0 Å². The fraction of sp³-hybridized carbons (Fsp3) is 0.167. The Morgan fingerprint density at radius 1 is 1.06 bits per heavy atom. The molecule has 1 atom stereocenters. The lowest BCUT2D eigenvalue weighted by Crippen LogP contribution is -2.17. The Kier molecular flexibility index (Phi) is 6.41. The molecule has 0 saturated carbocycles. The van der Waals surface area contributed by atoms with Crippen molar-refractivity contribution in [3.8, 4) is 0 Å². The van der Waals surface area contributed by atoms with Gasteiger partial charge in [-0.2, -0.15) is 0 Å². The number of hydrogen-bond donors (Lipinski definition) is 1. The maximum Gasteiger partial charge on any atom is 0.441 e. The Morgan fingerprint density at radius 2 is 1.78 bits per heavy atom. The molecule has 1 unspecified atom stereocenters. The van der Waals surface area contributed by atoms with Crippen molar-refractivity contribution in [1.29, 1.82) is 0 Å². The van der Waals surface area contributed by atoms with Crippen LogP contribution in [0.1, 0.15) is 35.6 Å². The SMILES string of the molecule is CC(Nc1cccc(CON=C(c2ccccc2)c2noc(=O)n2C)n1)c1ccccc1. The van der Waals surface area contributed by atoms with Crippen LogP contribution in [0.5, 0.6) is 0 Å². The van der Waals surface area contributed by atoms with Gasteiger partial charge in [0.05, 0.1) is 5.69 Å². The van der Waals surface area contributed by atoms with Crippen LogP contribution in [0, 0.1) is 0 Å². The molecule has 0 aliphatic heterocycles. The number of rotatable bonds is 8. The summed E-state index contributed by atoms with van der Waals surface area (Å²) in [5.41, 5.74) is 3.02. The van der Waals surface area contributed by atoms with E-state index in [4.69, 9.17) is 9.36 Å². The molecule has 2 aromatic carbocycles. The van der Waals surface area contributed by atoms with E-state index in [0.29, 0.717) is 11.4 Å². The molecule has 162 valence electrons. The maximum atomic E-state index is 11.7. The van der Waals surface area contributed by atoms with E-state index in [2.05, 4.69) is 39.7 Å². The van der Waals surface area contributed by atoms with Gasteiger partial charge in [0.1, 0.15) is 5.82 Å². The topological polar surface area (TPSA) is 94.5 Å². The van der Waals surface area contributed by atoms with E-state index in [9.17, 15) is 4.79 Å². The number of pyridine rings is 1. The zero-order chi connectivity index (χ0) is 22.3. The van der Waals surface area contributed by atoms with Crippen molar-refractivity contribution in [1.82, 2.24) is 14.7 Å². The van der Waals surface area contributed by atoms with Gasteiger partial charge in [-0.15, -0.1) is 0 Å². The second kappa shape index (κ2) is 9.74. The summed E-state index contributed by atoms with van der Waals surface area (Å²) in [6.07, 6.45) is 0. The van der Waals surface area contributed by atoms with Gasteiger partial charge in [-0.1, -0.05) is 77.0 Å². The third kappa shape index (κ3) is 4.92. The van der Waals surface area contributed by atoms with Gasteiger partial charge < -0.3 is 10.2 Å². The average Bonchev–Trinajstić information content (AvgIpc) is 3.16. The first-order chi connectivity index (χ1) is 15.6. The molecule has 2 heterocycles. The Morgan fingerprint density at radius 3 is 2.47 bits per heavy atom. The summed E-state index contributed by atoms with van der Waals surface area (Å²) in [5, 5.41) is 11.5. The molecular weight excluding hydrogens is 406 g/mol. The van der Waals surface area contributed by atoms with Crippen molar-refractivity contribution in [3.63, 3.8) is 0 Å². The number of nitrogens with zero attached hydrogens (tertiary/aromatic N) is 4. The Bertz CT molecular complexity index is 1250. The van der Waals surface area contributed by atoms with Crippen LogP contribution in [-0.2, 0) is 18.5 Å². The van der Waals surface area contributed by atoms with E-state index in [1.807, 2.05) is 66.7 Å². The van der Waals surface area contributed by atoms with Crippen LogP contribution in [0.3, 0.4) is 0 Å². The molecule has 0 aliphatic rings. The van der Waals surface area contributed by atoms with Gasteiger partial charge in [0.15, 0.2) is 12.3 Å². The first-order valence-corrected chi connectivity index (χ1v) is 10.2. The highest BCUT2D eigenvalue weighted by molar-refractivity contribution is 6.10. The van der Waals surface area contributed by atoms with Gasteiger partial charge in [0, 0.05) is 18.7 Å². The van der Waals surface area contributed by atoms with E-state index in [1.54, 1.807) is 7.05 Å². The Balaban J connectivity index is 1.50. The summed E-state index contributed by atoms with van der Waals surface area (Å²) in [6.45, 7) is 2.23. The number of aromatic nitrogens is 3. The second-order valence-electron chi connectivity index (χ2n) is 7.20. The van der Waals surface area contributed by atoms with E-state index in [0.717, 1.165) is 11.4 Å². The number of hydrogen-bond acceptors (Lipinski definition) is 7. The lowest BCUT2D eigenvalue weighted by atomic mass is 10.1. The molecule has 2 aromatic heterocycles. The van der Waals surface area contributed by atoms with Crippen molar-refractivity contribution in [3.05, 3.63) is 112 Å². The maximum absolute atomic E-state index is 11.7. The van der Waals surface area contributed by atoms with Gasteiger partial charge in [-0.3, -0.25) is 9.09 Å². The number of nitrogens with one attached hydrogen (secondary N) is 1. The zero-order valence-electron chi connectivity index (χ0n) is 17.8. The van der Waals surface area contributed by atoms with E-state index < -0.39 is 5.76 Å². The molecule has 32 heavy (non-hydrogen) atoms. The smallest absolute Gasteiger partial charge is 0.389 e. The predicted octanol–water partition coefficient (Wildman–Crippen LogP) is 3.91. The predicted molar refractivity (Wildman–Crippen MR) is 121 cm³/mol. The second-order valence-corrected chi connectivity index (χ2v) is 7.20. The van der Waals surface area contributed by atoms with Gasteiger partial charge >= 0.3 is 5.76 Å². The molecule has 0 amide bonds. The Labute approximate surface area is 185 Å². The molecule has 8 heteroatoms. The van der Waals surface area contributed by atoms with Crippen LogP contribution in [-0.4, -0.2) is 20.4 Å². The van der Waals surface area contributed by atoms with Crippen LogP contribution in [0.2, 0.25) is 0 Å². The third-order valence-corrected chi connectivity index (χ3v) is 4.90. The summed E-state index contributed by atoms with van der Waals surface area (Å²) < 4.78 is 6.03. The van der Waals surface area contributed by atoms with E-state index in [1.165, 1.54) is 10.1 Å². The average molecular weight is 429 g/mol. The van der Waals surface area contributed by atoms with Crippen LogP contribution in [0.15, 0.2) is 93.3 Å². The molecule has 8 nitrogen and oxygen atoms in total. The molecule has 0 saturated heterocycles. The minimum absolute atomic E-state index is 0.107. The van der Waals surface area contributed by atoms with Crippen LogP contribution in [0.4, 0.5) is 5.82 Å². The lowest BCUT2D eigenvalue weighted by molar-refractivity contribution is 0.128. The van der Waals surface area contributed by atoms with Crippen molar-refractivity contribution < 1.29 is 9.36 Å². The first kappa shape index (κ1) is 21.0. The summed E-state index contributed by atoms with van der Waals surface area (Å²) in [6, 6.07) is 25.3. The summed E-state index contributed by atoms with van der Waals surface area (Å²) >= 11 is 0. The first-order valence-electron chi connectivity index (χ1n) is 10.2. The molecule has 4 aromatic rings. The molecule has 4 rings (SSSR count). The highest BCUT2D eigenvalue weighted by Gasteiger charge is 2.17. The molecule has 0 bridgehead atoms. The molecular formula is C24H23N5O3. The number of benzene rings is 2. The zero-order valence-corrected chi connectivity index (χ0v) is 17.8. The van der Waals surface area contributed by atoms with E-state index in [-0.39, 0.29) is 18.5 Å². The highest BCUT2D eigenvalue weighted by atomic mass is 16.6. The van der Waals surface area contributed by atoms with Crippen LogP contribution >= 0.6 is 0 Å². The molecule has 0 spiro atoms. The standard InChI is InChI=1S/C24H23N5O3/c1-17(18-10-5-3-6-11-18)25-21-15-9-14-20(26-21)16-31-27-22(19-12-7-4-8-13-19)23-28-32-24(30)29(23)2/h3-15,17H,16H2,1-2H3,(H,25,26).